The van der Waals surface area contributed by atoms with Crippen LogP contribution in [0.3, 0.4) is 0 Å². The highest BCUT2D eigenvalue weighted by molar-refractivity contribution is 6.95. The molecule has 3 heteroatoms. The molecule has 0 atom stereocenters. The Labute approximate surface area is 91.6 Å². The van der Waals surface area contributed by atoms with Crippen LogP contribution in [0.25, 0.3) is 5.20 Å². The lowest BCUT2D eigenvalue weighted by atomic mass is 10.2. The van der Waals surface area contributed by atoms with Crippen molar-refractivity contribution >= 4 is 19.2 Å². The van der Waals surface area contributed by atoms with E-state index < -0.39 is 8.07 Å². The van der Waals surface area contributed by atoms with Gasteiger partial charge in [0.15, 0.2) is 0 Å². The summed E-state index contributed by atoms with van der Waals surface area (Å²) < 4.78 is 5.07. The van der Waals surface area contributed by atoms with Gasteiger partial charge in [0, 0.05) is 5.20 Å². The minimum atomic E-state index is -1.60. The van der Waals surface area contributed by atoms with Crippen molar-refractivity contribution in [3.63, 3.8) is 0 Å². The van der Waals surface area contributed by atoms with Crippen LogP contribution in [-0.4, -0.2) is 21.1 Å². The van der Waals surface area contributed by atoms with Gasteiger partial charge < -0.3 is 4.74 Å². The van der Waals surface area contributed by atoms with Crippen molar-refractivity contribution in [1.82, 2.24) is 0 Å². The molecule has 15 heavy (non-hydrogen) atoms. The monoisotopic (exact) mass is 220 g/mol. The molecular formula is C12H16O2Si. The van der Waals surface area contributed by atoms with E-state index in [1.54, 1.807) is 7.11 Å². The standard InChI is InChI=1S/C12H16O2Si/c1-14-11-7-5-10(6-8-11)12(9-13)15(2,3)4/h5-8H,1-4H3. The van der Waals surface area contributed by atoms with E-state index >= 15 is 0 Å². The van der Waals surface area contributed by atoms with Gasteiger partial charge in [0.2, 0.25) is 0 Å². The quantitative estimate of drug-likeness (QED) is 0.578. The molecule has 0 aliphatic carbocycles. The van der Waals surface area contributed by atoms with Crippen LogP contribution < -0.4 is 4.74 Å². The molecule has 0 saturated heterocycles. The molecule has 0 saturated carbocycles. The maximum Gasteiger partial charge on any atom is 0.123 e. The van der Waals surface area contributed by atoms with Gasteiger partial charge in [0.1, 0.15) is 11.7 Å². The van der Waals surface area contributed by atoms with Crippen molar-refractivity contribution < 1.29 is 9.53 Å². The van der Waals surface area contributed by atoms with Crippen LogP contribution >= 0.6 is 0 Å². The number of hydrogen-bond donors (Lipinski definition) is 0. The summed E-state index contributed by atoms with van der Waals surface area (Å²) in [6.07, 6.45) is 0. The van der Waals surface area contributed by atoms with Crippen LogP contribution in [0.5, 0.6) is 5.75 Å². The Balaban J connectivity index is 3.11. The van der Waals surface area contributed by atoms with Crippen molar-refractivity contribution in [2.45, 2.75) is 19.6 Å². The van der Waals surface area contributed by atoms with Gasteiger partial charge in [-0.25, -0.2) is 4.79 Å². The van der Waals surface area contributed by atoms with Gasteiger partial charge in [-0.3, -0.25) is 0 Å². The van der Waals surface area contributed by atoms with E-state index in [1.165, 1.54) is 0 Å². The number of hydrogen-bond acceptors (Lipinski definition) is 2. The zero-order valence-corrected chi connectivity index (χ0v) is 10.6. The minimum Gasteiger partial charge on any atom is -0.497 e. The van der Waals surface area contributed by atoms with E-state index in [2.05, 4.69) is 25.6 Å². The molecule has 0 N–H and O–H groups in total. The van der Waals surface area contributed by atoms with Crippen molar-refractivity contribution in [1.29, 1.82) is 0 Å². The van der Waals surface area contributed by atoms with Gasteiger partial charge in [-0.05, 0) is 17.7 Å². The molecular weight excluding hydrogens is 204 g/mol. The molecule has 1 aromatic carbocycles. The summed E-state index contributed by atoms with van der Waals surface area (Å²) in [6, 6.07) is 7.56. The first-order chi connectivity index (χ1) is 6.99. The fourth-order valence-electron chi connectivity index (χ4n) is 1.40. The van der Waals surface area contributed by atoms with Gasteiger partial charge in [-0.1, -0.05) is 31.8 Å². The van der Waals surface area contributed by atoms with Gasteiger partial charge in [-0.2, -0.15) is 0 Å². The molecule has 0 radical (unpaired) electrons. The van der Waals surface area contributed by atoms with Crippen LogP contribution in [-0.2, 0) is 4.79 Å². The van der Waals surface area contributed by atoms with E-state index in [1.807, 2.05) is 24.3 Å². The molecule has 0 bridgehead atoms. The highest BCUT2D eigenvalue weighted by Gasteiger charge is 2.22. The highest BCUT2D eigenvalue weighted by Crippen LogP contribution is 2.24. The van der Waals surface area contributed by atoms with Crippen LogP contribution in [0.1, 0.15) is 5.56 Å². The predicted molar refractivity (Wildman–Crippen MR) is 65.4 cm³/mol. The summed E-state index contributed by atoms with van der Waals surface area (Å²) in [6.45, 7) is 6.41. The van der Waals surface area contributed by atoms with Crippen molar-refractivity contribution in [3.05, 3.63) is 29.8 Å². The van der Waals surface area contributed by atoms with E-state index in [9.17, 15) is 4.79 Å². The SMILES string of the molecule is COc1ccc(C(=C=O)[Si](C)(C)C)cc1. The molecule has 0 aliphatic rings. The molecule has 1 aromatic rings. The smallest absolute Gasteiger partial charge is 0.123 e. The zero-order chi connectivity index (χ0) is 11.5. The second-order valence-electron chi connectivity index (χ2n) is 4.46. The second-order valence-corrected chi connectivity index (χ2v) is 9.46. The maximum atomic E-state index is 10.9. The lowest BCUT2D eigenvalue weighted by Crippen LogP contribution is -2.23. The average Bonchev–Trinajstić information content (AvgIpc) is 2.18. The minimum absolute atomic E-state index is 0.805. The van der Waals surface area contributed by atoms with Crippen molar-refractivity contribution in [2.75, 3.05) is 7.11 Å². The molecule has 0 amide bonds. The first-order valence-electron chi connectivity index (χ1n) is 4.89. The highest BCUT2D eigenvalue weighted by atomic mass is 28.3. The van der Waals surface area contributed by atoms with Gasteiger partial charge in [-0.15, -0.1) is 0 Å². The summed E-state index contributed by atoms with van der Waals surface area (Å²) in [7, 11) is 0.0261. The zero-order valence-electron chi connectivity index (χ0n) is 9.63. The van der Waals surface area contributed by atoms with Crippen molar-refractivity contribution in [3.8, 4) is 5.75 Å². The first kappa shape index (κ1) is 11.8. The Bertz CT molecular complexity index is 381. The first-order valence-corrected chi connectivity index (χ1v) is 8.39. The molecule has 1 rings (SSSR count). The molecule has 80 valence electrons. The molecule has 0 aromatic heterocycles. The fourth-order valence-corrected chi connectivity index (χ4v) is 2.74. The summed E-state index contributed by atoms with van der Waals surface area (Å²) in [5.74, 6) is 2.89. The third-order valence-electron chi connectivity index (χ3n) is 2.23. The molecule has 0 aliphatic heterocycles. The summed E-state index contributed by atoms with van der Waals surface area (Å²) in [4.78, 5) is 10.9. The number of carbonyl (C=O) groups excluding carboxylic acids is 1. The van der Waals surface area contributed by atoms with Gasteiger partial charge in [0.25, 0.3) is 0 Å². The fraction of sp³-hybridized carbons (Fsp3) is 0.333. The number of rotatable bonds is 3. The van der Waals surface area contributed by atoms with Crippen LogP contribution in [0.15, 0.2) is 24.3 Å². The largest absolute Gasteiger partial charge is 0.497 e. The van der Waals surface area contributed by atoms with E-state index in [4.69, 9.17) is 4.74 Å². The third-order valence-corrected chi connectivity index (χ3v) is 4.12. The lowest BCUT2D eigenvalue weighted by Gasteiger charge is -2.17. The Hall–Kier alpha value is -1.31. The average molecular weight is 220 g/mol. The maximum absolute atomic E-state index is 10.9. The van der Waals surface area contributed by atoms with Crippen LogP contribution in [0.4, 0.5) is 0 Å². The summed E-state index contributed by atoms with van der Waals surface area (Å²) in [5.41, 5.74) is 0.963. The van der Waals surface area contributed by atoms with E-state index in [0.29, 0.717) is 0 Å². The molecule has 0 spiro atoms. The Morgan fingerprint density at radius 3 is 2.07 bits per heavy atom. The predicted octanol–water partition coefficient (Wildman–Crippen LogP) is 2.79. The van der Waals surface area contributed by atoms with Gasteiger partial charge in [0.05, 0.1) is 15.2 Å². The Morgan fingerprint density at radius 2 is 1.73 bits per heavy atom. The number of methoxy groups -OCH3 is 1. The number of benzene rings is 1. The van der Waals surface area contributed by atoms with Gasteiger partial charge >= 0.3 is 0 Å². The molecule has 0 heterocycles. The Kier molecular flexibility index (Phi) is 3.51. The third kappa shape index (κ3) is 2.82. The van der Waals surface area contributed by atoms with E-state index in [0.717, 1.165) is 16.5 Å². The molecule has 2 nitrogen and oxygen atoms in total. The topological polar surface area (TPSA) is 26.3 Å². The van der Waals surface area contributed by atoms with Crippen LogP contribution in [0.2, 0.25) is 19.6 Å². The second kappa shape index (κ2) is 4.47. The normalized spacial score (nSPS) is 10.7. The summed E-state index contributed by atoms with van der Waals surface area (Å²) in [5, 5.41) is 0.824. The Morgan fingerprint density at radius 1 is 1.20 bits per heavy atom. The van der Waals surface area contributed by atoms with Crippen LogP contribution in [0, 0.1) is 0 Å². The lowest BCUT2D eigenvalue weighted by molar-refractivity contribution is 0.415. The van der Waals surface area contributed by atoms with E-state index in [-0.39, 0.29) is 0 Å². The molecule has 0 unspecified atom stereocenters. The van der Waals surface area contributed by atoms with Crippen molar-refractivity contribution in [2.24, 2.45) is 0 Å². The molecule has 0 fully saturated rings. The number of ether oxygens (including phenoxy) is 1. The summed E-state index contributed by atoms with van der Waals surface area (Å²) >= 11 is 0.